The Morgan fingerprint density at radius 2 is 2.09 bits per heavy atom. The average molecular weight is 455 g/mol. The number of hydrogen-bond donors (Lipinski definition) is 3. The number of aliphatic imine (C=N–C) groups is 1. The van der Waals surface area contributed by atoms with Crippen molar-refractivity contribution >= 4 is 47.4 Å². The van der Waals surface area contributed by atoms with Crippen molar-refractivity contribution in [3.8, 4) is 0 Å². The lowest BCUT2D eigenvalue weighted by molar-refractivity contribution is -0.120. The van der Waals surface area contributed by atoms with Crippen molar-refractivity contribution in [2.24, 2.45) is 4.99 Å². The molecule has 23 heavy (non-hydrogen) atoms. The summed E-state index contributed by atoms with van der Waals surface area (Å²) in [6.45, 7) is 4.32. The minimum absolute atomic E-state index is 0. The van der Waals surface area contributed by atoms with Gasteiger partial charge in [-0.25, -0.2) is 4.99 Å². The van der Waals surface area contributed by atoms with E-state index in [9.17, 15) is 4.79 Å². The van der Waals surface area contributed by atoms with Gasteiger partial charge in [0.25, 0.3) is 0 Å². The fourth-order valence-corrected chi connectivity index (χ4v) is 1.88. The van der Waals surface area contributed by atoms with Crippen molar-refractivity contribution in [1.29, 1.82) is 0 Å². The van der Waals surface area contributed by atoms with Gasteiger partial charge in [-0.2, -0.15) is 0 Å². The van der Waals surface area contributed by atoms with E-state index in [0.717, 1.165) is 5.56 Å². The zero-order chi connectivity index (χ0) is 16.2. The summed E-state index contributed by atoms with van der Waals surface area (Å²) in [5.41, 5.74) is 1.01. The number of nitrogens with zero attached hydrogens (tertiary/aromatic N) is 1. The number of benzene rings is 1. The summed E-state index contributed by atoms with van der Waals surface area (Å²) in [6, 6.07) is 7.53. The summed E-state index contributed by atoms with van der Waals surface area (Å²) in [5.74, 6) is 0.481. The van der Waals surface area contributed by atoms with Crippen molar-refractivity contribution in [2.75, 3.05) is 33.4 Å². The van der Waals surface area contributed by atoms with Crippen LogP contribution in [0.4, 0.5) is 0 Å². The molecule has 0 radical (unpaired) electrons. The van der Waals surface area contributed by atoms with Crippen molar-refractivity contribution in [1.82, 2.24) is 16.0 Å². The predicted octanol–water partition coefficient (Wildman–Crippen LogP) is 1.78. The van der Waals surface area contributed by atoms with Crippen LogP contribution in [0.5, 0.6) is 0 Å². The van der Waals surface area contributed by atoms with Crippen LogP contribution in [0.1, 0.15) is 12.5 Å². The Morgan fingerprint density at radius 3 is 2.74 bits per heavy atom. The lowest BCUT2D eigenvalue weighted by atomic mass is 10.2. The third-order valence-electron chi connectivity index (χ3n) is 2.70. The third kappa shape index (κ3) is 10.4. The molecule has 1 aromatic carbocycles. The van der Waals surface area contributed by atoms with Gasteiger partial charge in [-0.15, -0.1) is 24.0 Å². The molecule has 3 N–H and O–H groups in total. The topological polar surface area (TPSA) is 74.8 Å². The minimum atomic E-state index is -0.106. The SMILES string of the molecule is CCNC(=NCc1cccc(Cl)c1)NCC(=O)NCCOC.I. The zero-order valence-corrected chi connectivity index (χ0v) is 16.5. The number of methoxy groups -OCH3 is 1. The second-order valence-electron chi connectivity index (χ2n) is 4.52. The standard InChI is InChI=1S/C15H23ClN4O2.HI/c1-3-17-15(20-11-14(21)18-7-8-22-2)19-10-12-5-4-6-13(16)9-12;/h4-6,9H,3,7-8,10-11H2,1-2H3,(H,18,21)(H2,17,19,20);1H. The number of carbonyl (C=O) groups is 1. The monoisotopic (exact) mass is 454 g/mol. The van der Waals surface area contributed by atoms with E-state index in [4.69, 9.17) is 16.3 Å². The van der Waals surface area contributed by atoms with Gasteiger partial charge >= 0.3 is 0 Å². The number of ether oxygens (including phenoxy) is 1. The van der Waals surface area contributed by atoms with Crippen LogP contribution in [-0.4, -0.2) is 45.2 Å². The Hall–Kier alpha value is -1.06. The molecule has 0 aliphatic carbocycles. The first kappa shape index (κ1) is 21.9. The lowest BCUT2D eigenvalue weighted by Gasteiger charge is -2.11. The molecule has 1 aromatic rings. The molecule has 8 heteroatoms. The highest BCUT2D eigenvalue weighted by atomic mass is 127. The maximum atomic E-state index is 11.6. The Balaban J connectivity index is 0.00000484. The molecule has 6 nitrogen and oxygen atoms in total. The summed E-state index contributed by atoms with van der Waals surface area (Å²) in [6.07, 6.45) is 0. The van der Waals surface area contributed by atoms with Gasteiger partial charge < -0.3 is 20.7 Å². The molecule has 0 aromatic heterocycles. The molecule has 130 valence electrons. The summed E-state index contributed by atoms with van der Waals surface area (Å²) < 4.78 is 4.87. The molecular weight excluding hydrogens is 431 g/mol. The van der Waals surface area contributed by atoms with Gasteiger partial charge in [0, 0.05) is 25.2 Å². The number of rotatable bonds is 8. The van der Waals surface area contributed by atoms with Gasteiger partial charge in [-0.1, -0.05) is 23.7 Å². The average Bonchev–Trinajstić information content (AvgIpc) is 2.50. The summed E-state index contributed by atoms with van der Waals surface area (Å²) in [4.78, 5) is 16.0. The van der Waals surface area contributed by atoms with Gasteiger partial charge in [0.15, 0.2) is 5.96 Å². The molecule has 0 heterocycles. The fraction of sp³-hybridized carbons (Fsp3) is 0.467. The molecule has 1 rings (SSSR count). The first-order chi connectivity index (χ1) is 10.7. The van der Waals surface area contributed by atoms with Gasteiger partial charge in [0.05, 0.1) is 19.7 Å². The van der Waals surface area contributed by atoms with Crippen LogP contribution in [-0.2, 0) is 16.1 Å². The highest BCUT2D eigenvalue weighted by Crippen LogP contribution is 2.11. The van der Waals surface area contributed by atoms with Gasteiger partial charge in [0.2, 0.25) is 5.91 Å². The molecule has 0 atom stereocenters. The van der Waals surface area contributed by atoms with E-state index < -0.39 is 0 Å². The molecule has 0 bridgehead atoms. The molecule has 0 saturated carbocycles. The highest BCUT2D eigenvalue weighted by Gasteiger charge is 2.03. The number of amides is 1. The van der Waals surface area contributed by atoms with Gasteiger partial charge in [0.1, 0.15) is 0 Å². The smallest absolute Gasteiger partial charge is 0.239 e. The quantitative estimate of drug-likeness (QED) is 0.242. The van der Waals surface area contributed by atoms with E-state index >= 15 is 0 Å². The first-order valence-electron chi connectivity index (χ1n) is 7.18. The van der Waals surface area contributed by atoms with Crippen LogP contribution in [0.2, 0.25) is 5.02 Å². The Labute approximate surface area is 159 Å². The number of guanidine groups is 1. The number of carbonyl (C=O) groups excluding carboxylic acids is 1. The van der Waals surface area contributed by atoms with E-state index in [-0.39, 0.29) is 36.4 Å². The zero-order valence-electron chi connectivity index (χ0n) is 13.4. The molecule has 0 unspecified atom stereocenters. The van der Waals surface area contributed by atoms with E-state index in [2.05, 4.69) is 20.9 Å². The molecular formula is C15H24ClIN4O2. The van der Waals surface area contributed by atoms with E-state index in [0.29, 0.717) is 37.2 Å². The Kier molecular flexibility index (Phi) is 12.8. The Bertz CT molecular complexity index is 500. The van der Waals surface area contributed by atoms with Crippen LogP contribution in [0.25, 0.3) is 0 Å². The highest BCUT2D eigenvalue weighted by molar-refractivity contribution is 14.0. The molecule has 0 fully saturated rings. The van der Waals surface area contributed by atoms with Crippen LogP contribution in [0.3, 0.4) is 0 Å². The van der Waals surface area contributed by atoms with Crippen LogP contribution < -0.4 is 16.0 Å². The summed E-state index contributed by atoms with van der Waals surface area (Å²) in [5, 5.41) is 9.50. The van der Waals surface area contributed by atoms with Crippen molar-refractivity contribution in [3.05, 3.63) is 34.9 Å². The Morgan fingerprint density at radius 1 is 1.30 bits per heavy atom. The van der Waals surface area contributed by atoms with Crippen LogP contribution >= 0.6 is 35.6 Å². The summed E-state index contributed by atoms with van der Waals surface area (Å²) in [7, 11) is 1.59. The minimum Gasteiger partial charge on any atom is -0.383 e. The third-order valence-corrected chi connectivity index (χ3v) is 2.93. The fourth-order valence-electron chi connectivity index (χ4n) is 1.67. The molecule has 0 spiro atoms. The summed E-state index contributed by atoms with van der Waals surface area (Å²) >= 11 is 5.94. The first-order valence-corrected chi connectivity index (χ1v) is 7.55. The number of nitrogens with one attached hydrogen (secondary N) is 3. The maximum Gasteiger partial charge on any atom is 0.239 e. The van der Waals surface area contributed by atoms with Gasteiger partial charge in [-0.3, -0.25) is 4.79 Å². The second kappa shape index (κ2) is 13.4. The van der Waals surface area contributed by atoms with Crippen LogP contribution in [0, 0.1) is 0 Å². The molecule has 0 saturated heterocycles. The largest absolute Gasteiger partial charge is 0.383 e. The van der Waals surface area contributed by atoms with E-state index in [1.807, 2.05) is 31.2 Å². The van der Waals surface area contributed by atoms with Gasteiger partial charge in [-0.05, 0) is 24.6 Å². The van der Waals surface area contributed by atoms with Crippen molar-refractivity contribution in [2.45, 2.75) is 13.5 Å². The van der Waals surface area contributed by atoms with Crippen LogP contribution in [0.15, 0.2) is 29.3 Å². The van der Waals surface area contributed by atoms with E-state index in [1.165, 1.54) is 0 Å². The molecule has 0 aliphatic rings. The van der Waals surface area contributed by atoms with E-state index in [1.54, 1.807) is 7.11 Å². The second-order valence-corrected chi connectivity index (χ2v) is 4.96. The predicted molar refractivity (Wildman–Crippen MR) is 105 cm³/mol. The number of halogens is 2. The lowest BCUT2D eigenvalue weighted by Crippen LogP contribution is -2.43. The molecule has 0 aliphatic heterocycles. The number of hydrogen-bond acceptors (Lipinski definition) is 3. The molecule has 1 amide bonds. The normalized spacial score (nSPS) is 10.7. The maximum absolute atomic E-state index is 11.6. The van der Waals surface area contributed by atoms with Crippen molar-refractivity contribution in [3.63, 3.8) is 0 Å². The van der Waals surface area contributed by atoms with Crippen molar-refractivity contribution < 1.29 is 9.53 Å².